The molecule has 118 valence electrons. The lowest BCUT2D eigenvalue weighted by Gasteiger charge is -2.18. The lowest BCUT2D eigenvalue weighted by Crippen LogP contribution is -2.42. The van der Waals surface area contributed by atoms with E-state index in [1.807, 2.05) is 60.7 Å². The van der Waals surface area contributed by atoms with Crippen molar-refractivity contribution in [2.24, 2.45) is 0 Å². The van der Waals surface area contributed by atoms with Crippen LogP contribution >= 0.6 is 0 Å². The number of rotatable bonds is 5. The zero-order valence-corrected chi connectivity index (χ0v) is 12.9. The molecule has 23 heavy (non-hydrogen) atoms. The smallest absolute Gasteiger partial charge is 0.309 e. The molecule has 0 saturated heterocycles. The minimum absolute atomic E-state index is 0.0232. The van der Waals surface area contributed by atoms with Gasteiger partial charge in [-0.2, -0.15) is 0 Å². The van der Waals surface area contributed by atoms with Gasteiger partial charge in [0.25, 0.3) is 0 Å². The molecule has 3 rings (SSSR count). The normalized spacial score (nSPS) is 13.6. The van der Waals surface area contributed by atoms with E-state index in [-0.39, 0.29) is 12.0 Å². The van der Waals surface area contributed by atoms with E-state index in [0.29, 0.717) is 6.54 Å². The molecule has 1 aliphatic rings. The third kappa shape index (κ3) is 4.19. The van der Waals surface area contributed by atoms with Crippen LogP contribution in [0.15, 0.2) is 60.7 Å². The zero-order chi connectivity index (χ0) is 16.1. The van der Waals surface area contributed by atoms with E-state index in [0.717, 1.165) is 24.0 Å². The van der Waals surface area contributed by atoms with Crippen molar-refractivity contribution in [2.75, 3.05) is 6.54 Å². The van der Waals surface area contributed by atoms with Crippen LogP contribution in [-0.4, -0.2) is 24.4 Å². The first kappa shape index (κ1) is 15.3. The third-order valence-electron chi connectivity index (χ3n) is 3.99. The molecule has 2 amide bonds. The SMILES string of the molecule is O=C(NCC(c1ccccc1)c1ccccc1)C(=O)NC1CC1. The summed E-state index contributed by atoms with van der Waals surface area (Å²) in [7, 11) is 0. The first-order valence-corrected chi connectivity index (χ1v) is 7.92. The largest absolute Gasteiger partial charge is 0.347 e. The first-order valence-electron chi connectivity index (χ1n) is 7.92. The Morgan fingerprint density at radius 1 is 0.870 bits per heavy atom. The molecule has 0 radical (unpaired) electrons. The zero-order valence-electron chi connectivity index (χ0n) is 12.9. The molecular formula is C19H20N2O2. The Bertz CT molecular complexity index is 627. The molecule has 0 spiro atoms. The Morgan fingerprint density at radius 2 is 1.39 bits per heavy atom. The van der Waals surface area contributed by atoms with Crippen molar-refractivity contribution in [3.8, 4) is 0 Å². The van der Waals surface area contributed by atoms with Crippen molar-refractivity contribution in [2.45, 2.75) is 24.8 Å². The predicted octanol–water partition coefficient (Wildman–Crippen LogP) is 2.21. The van der Waals surface area contributed by atoms with Gasteiger partial charge in [-0.3, -0.25) is 9.59 Å². The minimum atomic E-state index is -0.561. The molecule has 0 aromatic heterocycles. The molecule has 4 heteroatoms. The first-order chi connectivity index (χ1) is 11.2. The van der Waals surface area contributed by atoms with Gasteiger partial charge in [0, 0.05) is 18.5 Å². The molecule has 2 aromatic carbocycles. The van der Waals surface area contributed by atoms with E-state index in [4.69, 9.17) is 0 Å². The van der Waals surface area contributed by atoms with Crippen LogP contribution < -0.4 is 10.6 Å². The summed E-state index contributed by atoms with van der Waals surface area (Å²) in [6, 6.07) is 20.2. The molecule has 1 fully saturated rings. The Balaban J connectivity index is 1.69. The van der Waals surface area contributed by atoms with Crippen molar-refractivity contribution in [1.82, 2.24) is 10.6 Å². The van der Waals surface area contributed by atoms with Gasteiger partial charge in [-0.1, -0.05) is 60.7 Å². The van der Waals surface area contributed by atoms with E-state index in [2.05, 4.69) is 10.6 Å². The summed E-state index contributed by atoms with van der Waals surface area (Å²) in [6.45, 7) is 0.394. The molecule has 4 nitrogen and oxygen atoms in total. The van der Waals surface area contributed by atoms with E-state index < -0.39 is 11.8 Å². The summed E-state index contributed by atoms with van der Waals surface area (Å²) in [6.07, 6.45) is 1.94. The number of hydrogen-bond acceptors (Lipinski definition) is 2. The Morgan fingerprint density at radius 3 is 1.87 bits per heavy atom. The maximum Gasteiger partial charge on any atom is 0.309 e. The Hall–Kier alpha value is -2.62. The van der Waals surface area contributed by atoms with Gasteiger partial charge in [-0.25, -0.2) is 0 Å². The summed E-state index contributed by atoms with van der Waals surface area (Å²) in [5.74, 6) is -1.07. The van der Waals surface area contributed by atoms with E-state index in [1.165, 1.54) is 0 Å². The molecule has 1 saturated carbocycles. The second-order valence-electron chi connectivity index (χ2n) is 5.83. The Kier molecular flexibility index (Phi) is 4.71. The number of carbonyl (C=O) groups excluding carboxylic acids is 2. The van der Waals surface area contributed by atoms with E-state index in [1.54, 1.807) is 0 Å². The third-order valence-corrected chi connectivity index (χ3v) is 3.99. The van der Waals surface area contributed by atoms with Crippen LogP contribution in [0, 0.1) is 0 Å². The van der Waals surface area contributed by atoms with Crippen LogP contribution in [0.3, 0.4) is 0 Å². The number of benzene rings is 2. The van der Waals surface area contributed by atoms with Crippen LogP contribution in [0.4, 0.5) is 0 Å². The lowest BCUT2D eigenvalue weighted by atomic mass is 9.91. The van der Waals surface area contributed by atoms with Gasteiger partial charge in [-0.05, 0) is 24.0 Å². The second kappa shape index (κ2) is 7.09. The van der Waals surface area contributed by atoms with E-state index >= 15 is 0 Å². The average molecular weight is 308 g/mol. The number of carbonyl (C=O) groups is 2. The summed E-state index contributed by atoms with van der Waals surface area (Å²) >= 11 is 0. The maximum atomic E-state index is 12.0. The molecule has 0 unspecified atom stereocenters. The molecule has 0 atom stereocenters. The van der Waals surface area contributed by atoms with Crippen molar-refractivity contribution in [3.63, 3.8) is 0 Å². The summed E-state index contributed by atoms with van der Waals surface area (Å²) in [5, 5.41) is 5.47. The molecule has 0 bridgehead atoms. The fourth-order valence-corrected chi connectivity index (χ4v) is 2.55. The van der Waals surface area contributed by atoms with Gasteiger partial charge in [0.05, 0.1) is 0 Å². The monoisotopic (exact) mass is 308 g/mol. The van der Waals surface area contributed by atoms with Gasteiger partial charge in [0.1, 0.15) is 0 Å². The highest BCUT2D eigenvalue weighted by atomic mass is 16.2. The van der Waals surface area contributed by atoms with E-state index in [9.17, 15) is 9.59 Å². The molecule has 2 aromatic rings. The quantitative estimate of drug-likeness (QED) is 0.832. The predicted molar refractivity (Wildman–Crippen MR) is 88.9 cm³/mol. The lowest BCUT2D eigenvalue weighted by molar-refractivity contribution is -0.139. The molecule has 0 heterocycles. The van der Waals surface area contributed by atoms with Crippen molar-refractivity contribution >= 4 is 11.8 Å². The van der Waals surface area contributed by atoms with Crippen molar-refractivity contribution in [1.29, 1.82) is 0 Å². The maximum absolute atomic E-state index is 12.0. The number of hydrogen-bond donors (Lipinski definition) is 2. The second-order valence-corrected chi connectivity index (χ2v) is 5.83. The van der Waals surface area contributed by atoms with Gasteiger partial charge in [0.15, 0.2) is 0 Å². The fourth-order valence-electron chi connectivity index (χ4n) is 2.55. The summed E-state index contributed by atoms with van der Waals surface area (Å²) < 4.78 is 0. The van der Waals surface area contributed by atoms with Crippen LogP contribution in [0.1, 0.15) is 29.9 Å². The fraction of sp³-hybridized carbons (Fsp3) is 0.263. The van der Waals surface area contributed by atoms with Crippen molar-refractivity contribution < 1.29 is 9.59 Å². The van der Waals surface area contributed by atoms with Crippen LogP contribution in [0.25, 0.3) is 0 Å². The highest BCUT2D eigenvalue weighted by Crippen LogP contribution is 2.23. The average Bonchev–Trinajstić information content (AvgIpc) is 3.41. The van der Waals surface area contributed by atoms with Gasteiger partial charge in [0.2, 0.25) is 0 Å². The highest BCUT2D eigenvalue weighted by molar-refractivity contribution is 6.35. The van der Waals surface area contributed by atoms with Gasteiger partial charge < -0.3 is 10.6 Å². The molecular weight excluding hydrogens is 288 g/mol. The van der Waals surface area contributed by atoms with Crippen molar-refractivity contribution in [3.05, 3.63) is 71.8 Å². The molecule has 0 aliphatic heterocycles. The topological polar surface area (TPSA) is 58.2 Å². The molecule has 2 N–H and O–H groups in total. The molecule has 1 aliphatic carbocycles. The van der Waals surface area contributed by atoms with Gasteiger partial charge in [-0.15, -0.1) is 0 Å². The van der Waals surface area contributed by atoms with Crippen LogP contribution in [0.2, 0.25) is 0 Å². The van der Waals surface area contributed by atoms with Crippen LogP contribution in [-0.2, 0) is 9.59 Å². The standard InChI is InChI=1S/C19H20N2O2/c22-18(19(23)21-16-11-12-16)20-13-17(14-7-3-1-4-8-14)15-9-5-2-6-10-15/h1-10,16-17H,11-13H2,(H,20,22)(H,21,23). The summed E-state index contributed by atoms with van der Waals surface area (Å²) in [4.78, 5) is 23.7. The van der Waals surface area contributed by atoms with Gasteiger partial charge >= 0.3 is 11.8 Å². The highest BCUT2D eigenvalue weighted by Gasteiger charge is 2.26. The van der Waals surface area contributed by atoms with Crippen LogP contribution in [0.5, 0.6) is 0 Å². The Labute approximate surface area is 135 Å². The number of amides is 2. The number of nitrogens with one attached hydrogen (secondary N) is 2. The summed E-state index contributed by atoms with van der Waals surface area (Å²) in [5.41, 5.74) is 2.23. The minimum Gasteiger partial charge on any atom is -0.347 e.